The van der Waals surface area contributed by atoms with Gasteiger partial charge < -0.3 is 15.2 Å². The minimum atomic E-state index is 0.108. The van der Waals surface area contributed by atoms with E-state index < -0.39 is 0 Å². The van der Waals surface area contributed by atoms with Gasteiger partial charge in [0.25, 0.3) is 0 Å². The molecule has 0 heterocycles. The van der Waals surface area contributed by atoms with Gasteiger partial charge in [0.2, 0.25) is 0 Å². The fourth-order valence-corrected chi connectivity index (χ4v) is 1.99. The van der Waals surface area contributed by atoms with Crippen LogP contribution in [0.3, 0.4) is 0 Å². The number of phenols is 1. The topological polar surface area (TPSA) is 65.9 Å². The fourth-order valence-electron chi connectivity index (χ4n) is 1.87. The van der Waals surface area contributed by atoms with Crippen LogP contribution in [0.15, 0.2) is 53.6 Å². The van der Waals surface area contributed by atoms with Gasteiger partial charge in [-0.1, -0.05) is 30.3 Å². The third-order valence-corrected chi connectivity index (χ3v) is 3.19. The number of phenolic OH excluding ortho intramolecular Hbond substituents is 1. The van der Waals surface area contributed by atoms with Crippen molar-refractivity contribution in [1.82, 2.24) is 10.7 Å². The van der Waals surface area contributed by atoms with Crippen LogP contribution in [-0.2, 0) is 6.54 Å². The molecule has 2 rings (SSSR count). The molecule has 5 nitrogen and oxygen atoms in total. The number of thiocarbonyl (C=S) groups is 1. The molecule has 0 aliphatic heterocycles. The van der Waals surface area contributed by atoms with Crippen LogP contribution in [0.25, 0.3) is 0 Å². The first kappa shape index (κ1) is 16.8. The van der Waals surface area contributed by atoms with Crippen LogP contribution in [0, 0.1) is 0 Å². The molecule has 2 aromatic carbocycles. The first-order valence-electron chi connectivity index (χ1n) is 7.25. The van der Waals surface area contributed by atoms with Gasteiger partial charge in [0, 0.05) is 6.54 Å². The standard InChI is InChI=1S/C17H19N3O2S/c1-2-22-16-10-14(8-9-15(16)21)12-19-20-17(23)18-11-13-6-4-3-5-7-13/h3-10,12,21H,2,11H2,1H3,(H2,18,20,23)/b19-12+. The Labute approximate surface area is 141 Å². The molecule has 0 radical (unpaired) electrons. The van der Waals surface area contributed by atoms with E-state index in [0.29, 0.717) is 24.0 Å². The van der Waals surface area contributed by atoms with Gasteiger partial charge in [-0.15, -0.1) is 0 Å². The summed E-state index contributed by atoms with van der Waals surface area (Å²) in [6, 6.07) is 15.0. The van der Waals surface area contributed by atoms with E-state index in [1.54, 1.807) is 24.4 Å². The number of benzene rings is 2. The Morgan fingerprint density at radius 3 is 2.78 bits per heavy atom. The van der Waals surface area contributed by atoms with Crippen molar-refractivity contribution in [3.05, 3.63) is 59.7 Å². The maximum absolute atomic E-state index is 9.64. The Morgan fingerprint density at radius 2 is 2.04 bits per heavy atom. The van der Waals surface area contributed by atoms with Crippen molar-refractivity contribution < 1.29 is 9.84 Å². The van der Waals surface area contributed by atoms with Crippen LogP contribution in [-0.4, -0.2) is 23.0 Å². The lowest BCUT2D eigenvalue weighted by Gasteiger charge is -2.07. The number of hydrogen-bond donors (Lipinski definition) is 3. The summed E-state index contributed by atoms with van der Waals surface area (Å²) in [5.74, 6) is 0.540. The molecule has 0 saturated heterocycles. The molecule has 3 N–H and O–H groups in total. The van der Waals surface area contributed by atoms with Gasteiger partial charge in [-0.2, -0.15) is 5.10 Å². The third-order valence-electron chi connectivity index (χ3n) is 2.96. The molecule has 2 aromatic rings. The number of ether oxygens (including phenoxy) is 1. The van der Waals surface area contributed by atoms with E-state index in [9.17, 15) is 5.11 Å². The van der Waals surface area contributed by atoms with Gasteiger partial charge in [-0.3, -0.25) is 5.43 Å². The summed E-state index contributed by atoms with van der Waals surface area (Å²) in [6.07, 6.45) is 1.61. The largest absolute Gasteiger partial charge is 0.504 e. The predicted molar refractivity (Wildman–Crippen MR) is 95.9 cm³/mol. The second-order valence-corrected chi connectivity index (χ2v) is 5.11. The normalized spacial score (nSPS) is 10.5. The summed E-state index contributed by atoms with van der Waals surface area (Å²) in [4.78, 5) is 0. The summed E-state index contributed by atoms with van der Waals surface area (Å²) in [5, 5.41) is 17.2. The van der Waals surface area contributed by atoms with E-state index in [2.05, 4.69) is 15.8 Å². The van der Waals surface area contributed by atoms with Crippen LogP contribution in [0.4, 0.5) is 0 Å². The quantitative estimate of drug-likeness (QED) is 0.432. The van der Waals surface area contributed by atoms with Crippen molar-refractivity contribution in [2.75, 3.05) is 6.61 Å². The molecule has 0 fully saturated rings. The molecule has 0 spiro atoms. The number of nitrogens with one attached hydrogen (secondary N) is 2. The maximum atomic E-state index is 9.64. The molecular weight excluding hydrogens is 310 g/mol. The molecule has 120 valence electrons. The van der Waals surface area contributed by atoms with E-state index in [1.165, 1.54) is 0 Å². The molecule has 0 aromatic heterocycles. The number of hydrazone groups is 1. The van der Waals surface area contributed by atoms with E-state index in [1.807, 2.05) is 37.3 Å². The van der Waals surface area contributed by atoms with Crippen LogP contribution >= 0.6 is 12.2 Å². The second kappa shape index (κ2) is 8.75. The van der Waals surface area contributed by atoms with Crippen LogP contribution < -0.4 is 15.5 Å². The Kier molecular flexibility index (Phi) is 6.38. The average Bonchev–Trinajstić information content (AvgIpc) is 2.57. The highest BCUT2D eigenvalue weighted by atomic mass is 32.1. The van der Waals surface area contributed by atoms with Crippen molar-refractivity contribution in [2.45, 2.75) is 13.5 Å². The molecule has 0 bridgehead atoms. The Morgan fingerprint density at radius 1 is 1.26 bits per heavy atom. The number of aromatic hydroxyl groups is 1. The van der Waals surface area contributed by atoms with Crippen molar-refractivity contribution in [2.24, 2.45) is 5.10 Å². The summed E-state index contributed by atoms with van der Waals surface area (Å²) < 4.78 is 5.32. The minimum absolute atomic E-state index is 0.108. The van der Waals surface area contributed by atoms with Crippen LogP contribution in [0.1, 0.15) is 18.1 Å². The first-order chi connectivity index (χ1) is 11.2. The lowest BCUT2D eigenvalue weighted by atomic mass is 10.2. The summed E-state index contributed by atoms with van der Waals surface area (Å²) in [6.45, 7) is 2.98. The van der Waals surface area contributed by atoms with Gasteiger partial charge in [0.05, 0.1) is 12.8 Å². The maximum Gasteiger partial charge on any atom is 0.187 e. The van der Waals surface area contributed by atoms with Gasteiger partial charge in [-0.25, -0.2) is 0 Å². The number of rotatable bonds is 6. The van der Waals surface area contributed by atoms with E-state index in [4.69, 9.17) is 17.0 Å². The zero-order valence-electron chi connectivity index (χ0n) is 12.8. The number of nitrogens with zero attached hydrogens (tertiary/aromatic N) is 1. The molecule has 0 saturated carbocycles. The Balaban J connectivity index is 1.84. The highest BCUT2D eigenvalue weighted by Gasteiger charge is 2.02. The molecule has 6 heteroatoms. The SMILES string of the molecule is CCOc1cc(/C=N/NC(=S)NCc2ccccc2)ccc1O. The highest BCUT2D eigenvalue weighted by molar-refractivity contribution is 7.80. The molecule has 23 heavy (non-hydrogen) atoms. The van der Waals surface area contributed by atoms with Crippen LogP contribution in [0.5, 0.6) is 11.5 Å². The Hall–Kier alpha value is -2.60. The molecule has 0 atom stereocenters. The van der Waals surface area contributed by atoms with E-state index in [0.717, 1.165) is 11.1 Å². The predicted octanol–water partition coefficient (Wildman–Crippen LogP) is 2.79. The smallest absolute Gasteiger partial charge is 0.187 e. The van der Waals surface area contributed by atoms with Crippen molar-refractivity contribution >= 4 is 23.5 Å². The highest BCUT2D eigenvalue weighted by Crippen LogP contribution is 2.26. The van der Waals surface area contributed by atoms with Gasteiger partial charge in [0.15, 0.2) is 16.6 Å². The van der Waals surface area contributed by atoms with Crippen molar-refractivity contribution in [1.29, 1.82) is 0 Å². The van der Waals surface area contributed by atoms with E-state index in [-0.39, 0.29) is 5.75 Å². The number of hydrogen-bond acceptors (Lipinski definition) is 4. The lowest BCUT2D eigenvalue weighted by molar-refractivity contribution is 0.318. The first-order valence-corrected chi connectivity index (χ1v) is 7.66. The fraction of sp³-hybridized carbons (Fsp3) is 0.176. The third kappa shape index (κ3) is 5.60. The lowest BCUT2D eigenvalue weighted by Crippen LogP contribution is -2.31. The molecular formula is C17H19N3O2S. The summed E-state index contributed by atoms with van der Waals surface area (Å²) in [5.41, 5.74) is 4.69. The molecule has 0 unspecified atom stereocenters. The monoisotopic (exact) mass is 329 g/mol. The van der Waals surface area contributed by atoms with E-state index >= 15 is 0 Å². The summed E-state index contributed by atoms with van der Waals surface area (Å²) in [7, 11) is 0. The van der Waals surface area contributed by atoms with Crippen molar-refractivity contribution in [3.8, 4) is 11.5 Å². The molecule has 0 aliphatic carbocycles. The van der Waals surface area contributed by atoms with Gasteiger partial charge >= 0.3 is 0 Å². The molecule has 0 amide bonds. The second-order valence-electron chi connectivity index (χ2n) is 4.70. The summed E-state index contributed by atoms with van der Waals surface area (Å²) >= 11 is 5.16. The zero-order valence-corrected chi connectivity index (χ0v) is 13.6. The zero-order chi connectivity index (χ0) is 16.5. The minimum Gasteiger partial charge on any atom is -0.504 e. The average molecular weight is 329 g/mol. The van der Waals surface area contributed by atoms with Crippen LogP contribution in [0.2, 0.25) is 0 Å². The van der Waals surface area contributed by atoms with Gasteiger partial charge in [0.1, 0.15) is 0 Å². The van der Waals surface area contributed by atoms with Gasteiger partial charge in [-0.05, 0) is 48.5 Å². The Bertz CT molecular complexity index is 675. The molecule has 0 aliphatic rings. The van der Waals surface area contributed by atoms with Crippen molar-refractivity contribution in [3.63, 3.8) is 0 Å².